The molecule has 1 aromatic heterocycles. The van der Waals surface area contributed by atoms with Crippen molar-refractivity contribution in [3.8, 4) is 5.88 Å². The lowest BCUT2D eigenvalue weighted by Gasteiger charge is -2.24. The quantitative estimate of drug-likeness (QED) is 0.611. The van der Waals surface area contributed by atoms with E-state index in [0.717, 1.165) is 30.7 Å². The van der Waals surface area contributed by atoms with Gasteiger partial charge in [-0.25, -0.2) is 9.98 Å². The standard InChI is InChI=1S/C19H31N5O/c1-3-20-19(22-13-15-8-10-21-18(12-15)25-2)23-16-9-11-24(14-16)17-6-4-5-7-17/h8,10,12,16-17H,3-7,9,11,13-14H2,1-2H3,(H2,20,22,23). The number of likely N-dealkylation sites (tertiary alicyclic amines) is 1. The van der Waals surface area contributed by atoms with Crippen LogP contribution in [0.4, 0.5) is 0 Å². The summed E-state index contributed by atoms with van der Waals surface area (Å²) >= 11 is 0. The molecule has 6 nitrogen and oxygen atoms in total. The van der Waals surface area contributed by atoms with Crippen LogP contribution in [-0.4, -0.2) is 54.7 Å². The average molecular weight is 345 g/mol. The molecule has 2 N–H and O–H groups in total. The van der Waals surface area contributed by atoms with Gasteiger partial charge in [0, 0.05) is 44.0 Å². The zero-order chi connectivity index (χ0) is 17.5. The number of methoxy groups -OCH3 is 1. The molecule has 1 saturated carbocycles. The molecule has 6 heteroatoms. The van der Waals surface area contributed by atoms with E-state index >= 15 is 0 Å². The van der Waals surface area contributed by atoms with Crippen LogP contribution in [0.3, 0.4) is 0 Å². The first kappa shape index (κ1) is 18.0. The number of aliphatic imine (C=N–C) groups is 1. The highest BCUT2D eigenvalue weighted by Crippen LogP contribution is 2.26. The second kappa shape index (κ2) is 9.04. The minimum atomic E-state index is 0.491. The van der Waals surface area contributed by atoms with E-state index in [1.54, 1.807) is 13.3 Å². The Hall–Kier alpha value is -1.82. The Bertz CT molecular complexity index is 571. The van der Waals surface area contributed by atoms with Crippen molar-refractivity contribution in [1.82, 2.24) is 20.5 Å². The van der Waals surface area contributed by atoms with E-state index in [0.29, 0.717) is 18.5 Å². The molecule has 0 spiro atoms. The maximum atomic E-state index is 5.18. The summed E-state index contributed by atoms with van der Waals surface area (Å²) in [5.74, 6) is 1.53. The maximum Gasteiger partial charge on any atom is 0.213 e. The van der Waals surface area contributed by atoms with Crippen LogP contribution in [0.2, 0.25) is 0 Å². The molecule has 0 bridgehead atoms. The molecule has 2 fully saturated rings. The van der Waals surface area contributed by atoms with Gasteiger partial charge in [-0.05, 0) is 37.8 Å². The van der Waals surface area contributed by atoms with Gasteiger partial charge < -0.3 is 15.4 Å². The summed E-state index contributed by atoms with van der Waals surface area (Å²) < 4.78 is 5.18. The van der Waals surface area contributed by atoms with Crippen LogP contribution in [0, 0.1) is 0 Å². The second-order valence-corrected chi connectivity index (χ2v) is 6.96. The number of ether oxygens (including phenoxy) is 1. The number of nitrogens with one attached hydrogen (secondary N) is 2. The lowest BCUT2D eigenvalue weighted by molar-refractivity contribution is 0.242. The minimum Gasteiger partial charge on any atom is -0.481 e. The summed E-state index contributed by atoms with van der Waals surface area (Å²) in [6, 6.07) is 5.22. The molecular weight excluding hydrogens is 314 g/mol. The van der Waals surface area contributed by atoms with Crippen LogP contribution >= 0.6 is 0 Å². The van der Waals surface area contributed by atoms with Crippen molar-refractivity contribution in [2.45, 2.75) is 57.7 Å². The van der Waals surface area contributed by atoms with Gasteiger partial charge in [0.15, 0.2) is 5.96 Å². The average Bonchev–Trinajstić information content (AvgIpc) is 3.31. The molecule has 2 aliphatic rings. The number of rotatable bonds is 6. The zero-order valence-electron chi connectivity index (χ0n) is 15.5. The van der Waals surface area contributed by atoms with Gasteiger partial charge in [-0.3, -0.25) is 4.90 Å². The zero-order valence-corrected chi connectivity index (χ0v) is 15.5. The molecular formula is C19H31N5O. The number of hydrogen-bond donors (Lipinski definition) is 2. The highest BCUT2D eigenvalue weighted by atomic mass is 16.5. The van der Waals surface area contributed by atoms with Gasteiger partial charge in [-0.2, -0.15) is 0 Å². The molecule has 1 aromatic rings. The van der Waals surface area contributed by atoms with Crippen LogP contribution in [0.25, 0.3) is 0 Å². The molecule has 3 rings (SSSR count). The van der Waals surface area contributed by atoms with Crippen LogP contribution < -0.4 is 15.4 Å². The van der Waals surface area contributed by atoms with E-state index in [2.05, 4.69) is 27.4 Å². The van der Waals surface area contributed by atoms with Crippen molar-refractivity contribution < 1.29 is 4.74 Å². The van der Waals surface area contributed by atoms with Crippen LogP contribution in [0.5, 0.6) is 5.88 Å². The predicted molar refractivity (Wildman–Crippen MR) is 101 cm³/mol. The fraction of sp³-hybridized carbons (Fsp3) is 0.684. The summed E-state index contributed by atoms with van der Waals surface area (Å²) in [7, 11) is 1.64. The normalized spacial score (nSPS) is 22.3. The smallest absolute Gasteiger partial charge is 0.213 e. The third kappa shape index (κ3) is 5.08. The van der Waals surface area contributed by atoms with E-state index < -0.39 is 0 Å². The highest BCUT2D eigenvalue weighted by molar-refractivity contribution is 5.80. The molecule has 25 heavy (non-hydrogen) atoms. The Morgan fingerprint density at radius 2 is 2.20 bits per heavy atom. The Labute approximate surface area is 151 Å². The summed E-state index contributed by atoms with van der Waals surface area (Å²) in [5.41, 5.74) is 1.10. The van der Waals surface area contributed by atoms with Gasteiger partial charge in [0.05, 0.1) is 13.7 Å². The molecule has 138 valence electrons. The van der Waals surface area contributed by atoms with Gasteiger partial charge in [0.25, 0.3) is 0 Å². The first-order chi connectivity index (χ1) is 12.3. The summed E-state index contributed by atoms with van der Waals surface area (Å²) in [6.45, 7) is 5.94. The summed E-state index contributed by atoms with van der Waals surface area (Å²) in [6.07, 6.45) is 8.53. The van der Waals surface area contributed by atoms with Crippen LogP contribution in [-0.2, 0) is 6.54 Å². The van der Waals surface area contributed by atoms with Crippen molar-refractivity contribution in [1.29, 1.82) is 0 Å². The highest BCUT2D eigenvalue weighted by Gasteiger charge is 2.30. The lowest BCUT2D eigenvalue weighted by Crippen LogP contribution is -2.45. The third-order valence-corrected chi connectivity index (χ3v) is 5.17. The molecule has 1 unspecified atom stereocenters. The molecule has 0 radical (unpaired) electrons. The number of guanidine groups is 1. The van der Waals surface area contributed by atoms with Crippen molar-refractivity contribution in [3.05, 3.63) is 23.9 Å². The lowest BCUT2D eigenvalue weighted by atomic mass is 10.2. The van der Waals surface area contributed by atoms with E-state index in [9.17, 15) is 0 Å². The largest absolute Gasteiger partial charge is 0.481 e. The van der Waals surface area contributed by atoms with Crippen molar-refractivity contribution in [2.75, 3.05) is 26.7 Å². The van der Waals surface area contributed by atoms with Crippen LogP contribution in [0.15, 0.2) is 23.3 Å². The van der Waals surface area contributed by atoms with E-state index in [1.165, 1.54) is 38.6 Å². The van der Waals surface area contributed by atoms with E-state index in [1.807, 2.05) is 12.1 Å². The molecule has 1 saturated heterocycles. The Morgan fingerprint density at radius 1 is 1.36 bits per heavy atom. The van der Waals surface area contributed by atoms with Crippen molar-refractivity contribution in [2.24, 2.45) is 4.99 Å². The van der Waals surface area contributed by atoms with Gasteiger partial charge >= 0.3 is 0 Å². The second-order valence-electron chi connectivity index (χ2n) is 6.96. The topological polar surface area (TPSA) is 61.8 Å². The summed E-state index contributed by atoms with van der Waals surface area (Å²) in [4.78, 5) is 11.5. The minimum absolute atomic E-state index is 0.491. The van der Waals surface area contributed by atoms with Gasteiger partial charge in [0.1, 0.15) is 0 Å². The first-order valence-corrected chi connectivity index (χ1v) is 9.56. The summed E-state index contributed by atoms with van der Waals surface area (Å²) in [5, 5.41) is 6.99. The van der Waals surface area contributed by atoms with Gasteiger partial charge in [-0.15, -0.1) is 0 Å². The Kier molecular flexibility index (Phi) is 6.50. The predicted octanol–water partition coefficient (Wildman–Crippen LogP) is 2.16. The number of aromatic nitrogens is 1. The molecule has 1 atom stereocenters. The van der Waals surface area contributed by atoms with E-state index in [4.69, 9.17) is 9.73 Å². The van der Waals surface area contributed by atoms with Crippen LogP contribution in [0.1, 0.15) is 44.6 Å². The fourth-order valence-corrected chi connectivity index (χ4v) is 3.85. The number of nitrogens with zero attached hydrogens (tertiary/aromatic N) is 3. The SMILES string of the molecule is CCNC(=NCc1ccnc(OC)c1)NC1CCN(C2CCCC2)C1. The van der Waals surface area contributed by atoms with Gasteiger partial charge in [0.2, 0.25) is 5.88 Å². The van der Waals surface area contributed by atoms with Crippen molar-refractivity contribution in [3.63, 3.8) is 0 Å². The Morgan fingerprint density at radius 3 is 2.96 bits per heavy atom. The van der Waals surface area contributed by atoms with Crippen molar-refractivity contribution >= 4 is 5.96 Å². The van der Waals surface area contributed by atoms with Gasteiger partial charge in [-0.1, -0.05) is 12.8 Å². The number of hydrogen-bond acceptors (Lipinski definition) is 4. The molecule has 0 aromatic carbocycles. The molecule has 1 aliphatic heterocycles. The molecule has 1 aliphatic carbocycles. The third-order valence-electron chi connectivity index (χ3n) is 5.17. The molecule has 2 heterocycles. The van der Waals surface area contributed by atoms with E-state index in [-0.39, 0.29) is 0 Å². The fourth-order valence-electron chi connectivity index (χ4n) is 3.85. The first-order valence-electron chi connectivity index (χ1n) is 9.56. The maximum absolute atomic E-state index is 5.18. The Balaban J connectivity index is 1.55. The number of pyridine rings is 1. The monoisotopic (exact) mass is 345 g/mol. The molecule has 0 amide bonds.